The van der Waals surface area contributed by atoms with E-state index in [-0.39, 0.29) is 0 Å². The molecule has 2 N–H and O–H groups in total. The third kappa shape index (κ3) is 2.73. The molecule has 106 valence electrons. The number of nitrogens with zero attached hydrogens (tertiary/aromatic N) is 1. The second-order valence-electron chi connectivity index (χ2n) is 5.21. The average molecular weight is 278 g/mol. The summed E-state index contributed by atoms with van der Waals surface area (Å²) in [6.45, 7) is 4.54. The summed E-state index contributed by atoms with van der Waals surface area (Å²) in [5.41, 5.74) is 10.0. The van der Waals surface area contributed by atoms with E-state index in [0.717, 1.165) is 33.3 Å². The van der Waals surface area contributed by atoms with E-state index in [0.29, 0.717) is 12.4 Å². The molecule has 3 aromatic rings. The number of rotatable bonds is 3. The summed E-state index contributed by atoms with van der Waals surface area (Å²) in [5.74, 6) is 1.42. The molecule has 2 aromatic carbocycles. The van der Waals surface area contributed by atoms with Crippen LogP contribution in [0.5, 0.6) is 11.6 Å². The quantitative estimate of drug-likeness (QED) is 0.784. The molecule has 1 aromatic heterocycles. The molecule has 0 unspecified atom stereocenters. The summed E-state index contributed by atoms with van der Waals surface area (Å²) in [4.78, 5) is 4.57. The highest BCUT2D eigenvalue weighted by Crippen LogP contribution is 2.28. The van der Waals surface area contributed by atoms with E-state index in [1.807, 2.05) is 50.2 Å². The van der Waals surface area contributed by atoms with Gasteiger partial charge in [-0.1, -0.05) is 30.3 Å². The highest BCUT2D eigenvalue weighted by molar-refractivity contribution is 5.82. The molecule has 0 amide bonds. The van der Waals surface area contributed by atoms with Crippen molar-refractivity contribution in [1.29, 1.82) is 0 Å². The maximum Gasteiger partial charge on any atom is 0.220 e. The molecule has 3 rings (SSSR count). The Kier molecular flexibility index (Phi) is 3.59. The Balaban J connectivity index is 2.06. The normalized spacial score (nSPS) is 10.8. The van der Waals surface area contributed by atoms with Crippen LogP contribution in [-0.2, 0) is 6.54 Å². The number of aryl methyl sites for hydroxylation is 2. The molecule has 0 bridgehead atoms. The first-order valence-electron chi connectivity index (χ1n) is 7.01. The van der Waals surface area contributed by atoms with Crippen molar-refractivity contribution in [2.24, 2.45) is 5.73 Å². The zero-order valence-electron chi connectivity index (χ0n) is 12.3. The Morgan fingerprint density at radius 2 is 1.86 bits per heavy atom. The number of aromatic nitrogens is 1. The van der Waals surface area contributed by atoms with Crippen LogP contribution in [0.3, 0.4) is 0 Å². The minimum atomic E-state index is 0.464. The number of pyridine rings is 1. The van der Waals surface area contributed by atoms with Crippen LogP contribution in [0.4, 0.5) is 0 Å². The third-order valence-corrected chi connectivity index (χ3v) is 3.56. The van der Waals surface area contributed by atoms with Gasteiger partial charge < -0.3 is 10.5 Å². The number of ether oxygens (including phenoxy) is 1. The number of benzene rings is 2. The third-order valence-electron chi connectivity index (χ3n) is 3.56. The molecule has 0 radical (unpaired) electrons. The van der Waals surface area contributed by atoms with Crippen molar-refractivity contribution in [3.8, 4) is 11.6 Å². The summed E-state index contributed by atoms with van der Waals surface area (Å²) in [6.07, 6.45) is 0. The molecule has 21 heavy (non-hydrogen) atoms. The van der Waals surface area contributed by atoms with Gasteiger partial charge in [0.15, 0.2) is 0 Å². The van der Waals surface area contributed by atoms with Crippen LogP contribution in [0.2, 0.25) is 0 Å². The van der Waals surface area contributed by atoms with Crippen molar-refractivity contribution in [3.63, 3.8) is 0 Å². The van der Waals surface area contributed by atoms with Crippen LogP contribution in [0.1, 0.15) is 16.7 Å². The molecule has 0 aliphatic heterocycles. The van der Waals surface area contributed by atoms with E-state index < -0.39 is 0 Å². The second-order valence-corrected chi connectivity index (χ2v) is 5.21. The van der Waals surface area contributed by atoms with Gasteiger partial charge in [0.2, 0.25) is 5.88 Å². The number of nitrogens with two attached hydrogens (primary N) is 1. The van der Waals surface area contributed by atoms with Gasteiger partial charge in [0.25, 0.3) is 0 Å². The van der Waals surface area contributed by atoms with E-state index in [9.17, 15) is 0 Å². The molecular weight excluding hydrogens is 260 g/mol. The van der Waals surface area contributed by atoms with Crippen molar-refractivity contribution < 1.29 is 4.74 Å². The molecule has 0 spiro atoms. The first-order chi connectivity index (χ1) is 10.2. The molecule has 0 aliphatic carbocycles. The largest absolute Gasteiger partial charge is 0.439 e. The zero-order valence-corrected chi connectivity index (χ0v) is 12.3. The molecule has 0 saturated carbocycles. The first-order valence-corrected chi connectivity index (χ1v) is 7.01. The summed E-state index contributed by atoms with van der Waals surface area (Å²) in [6, 6.07) is 16.0. The van der Waals surface area contributed by atoms with Gasteiger partial charge in [-0.15, -0.1) is 0 Å². The SMILES string of the molecule is Cc1ccc(C)c(Oc2cc(CN)c3ccccc3n2)c1. The smallest absolute Gasteiger partial charge is 0.220 e. The van der Waals surface area contributed by atoms with Crippen LogP contribution < -0.4 is 10.5 Å². The Labute approximate surface area is 124 Å². The topological polar surface area (TPSA) is 48.1 Å². The van der Waals surface area contributed by atoms with Gasteiger partial charge in [-0.25, -0.2) is 4.98 Å². The Bertz CT molecular complexity index is 796. The maximum atomic E-state index is 5.97. The summed E-state index contributed by atoms with van der Waals surface area (Å²) in [5, 5.41) is 1.08. The molecule has 0 atom stereocenters. The number of hydrogen-bond donors (Lipinski definition) is 1. The van der Waals surface area contributed by atoms with Gasteiger partial charge in [0, 0.05) is 18.0 Å². The fraction of sp³-hybridized carbons (Fsp3) is 0.167. The van der Waals surface area contributed by atoms with Gasteiger partial charge in [0.05, 0.1) is 5.52 Å². The van der Waals surface area contributed by atoms with Crippen molar-refractivity contribution in [2.45, 2.75) is 20.4 Å². The summed E-state index contributed by atoms with van der Waals surface area (Å²) in [7, 11) is 0. The summed E-state index contributed by atoms with van der Waals surface area (Å²) >= 11 is 0. The maximum absolute atomic E-state index is 5.97. The minimum absolute atomic E-state index is 0.464. The van der Waals surface area contributed by atoms with Gasteiger partial charge in [0.1, 0.15) is 5.75 Å². The van der Waals surface area contributed by atoms with E-state index in [1.54, 1.807) is 0 Å². The lowest BCUT2D eigenvalue weighted by atomic mass is 10.1. The van der Waals surface area contributed by atoms with Crippen molar-refractivity contribution in [1.82, 2.24) is 4.98 Å². The molecule has 1 heterocycles. The minimum Gasteiger partial charge on any atom is -0.439 e. The van der Waals surface area contributed by atoms with Gasteiger partial charge in [-0.2, -0.15) is 0 Å². The van der Waals surface area contributed by atoms with E-state index >= 15 is 0 Å². The van der Waals surface area contributed by atoms with E-state index in [2.05, 4.69) is 17.1 Å². The zero-order chi connectivity index (χ0) is 14.8. The first kappa shape index (κ1) is 13.6. The molecule has 0 saturated heterocycles. The molecule has 3 nitrogen and oxygen atoms in total. The number of hydrogen-bond acceptors (Lipinski definition) is 3. The average Bonchev–Trinajstić information content (AvgIpc) is 2.50. The van der Waals surface area contributed by atoms with Crippen LogP contribution in [0.25, 0.3) is 10.9 Å². The Morgan fingerprint density at radius 1 is 1.05 bits per heavy atom. The highest BCUT2D eigenvalue weighted by atomic mass is 16.5. The van der Waals surface area contributed by atoms with Gasteiger partial charge in [-0.3, -0.25) is 0 Å². The van der Waals surface area contributed by atoms with Crippen LogP contribution in [0.15, 0.2) is 48.5 Å². The monoisotopic (exact) mass is 278 g/mol. The van der Waals surface area contributed by atoms with Crippen LogP contribution >= 0.6 is 0 Å². The van der Waals surface area contributed by atoms with E-state index in [1.165, 1.54) is 0 Å². The number of para-hydroxylation sites is 1. The fourth-order valence-electron chi connectivity index (χ4n) is 2.37. The molecule has 3 heteroatoms. The lowest BCUT2D eigenvalue weighted by molar-refractivity contribution is 0.460. The van der Waals surface area contributed by atoms with Crippen LogP contribution in [0, 0.1) is 13.8 Å². The Hall–Kier alpha value is -2.39. The molecule has 0 fully saturated rings. The van der Waals surface area contributed by atoms with E-state index in [4.69, 9.17) is 10.5 Å². The van der Waals surface area contributed by atoms with Crippen molar-refractivity contribution >= 4 is 10.9 Å². The van der Waals surface area contributed by atoms with Gasteiger partial charge >= 0.3 is 0 Å². The highest BCUT2D eigenvalue weighted by Gasteiger charge is 2.08. The predicted octanol–water partition coefficient (Wildman–Crippen LogP) is 4.10. The lowest BCUT2D eigenvalue weighted by Gasteiger charge is -2.11. The van der Waals surface area contributed by atoms with Crippen molar-refractivity contribution in [2.75, 3.05) is 0 Å². The lowest BCUT2D eigenvalue weighted by Crippen LogP contribution is -2.00. The van der Waals surface area contributed by atoms with Gasteiger partial charge in [-0.05, 0) is 42.7 Å². The molecular formula is C18H18N2O. The second kappa shape index (κ2) is 5.54. The van der Waals surface area contributed by atoms with Crippen LogP contribution in [-0.4, -0.2) is 4.98 Å². The number of fused-ring (bicyclic) bond motifs is 1. The molecule has 0 aliphatic rings. The predicted molar refractivity (Wildman–Crippen MR) is 85.6 cm³/mol. The van der Waals surface area contributed by atoms with Crippen molar-refractivity contribution in [3.05, 3.63) is 65.2 Å². The Morgan fingerprint density at radius 3 is 2.67 bits per heavy atom. The fourth-order valence-corrected chi connectivity index (χ4v) is 2.37. The summed E-state index contributed by atoms with van der Waals surface area (Å²) < 4.78 is 5.97. The standard InChI is InChI=1S/C18H18N2O/c1-12-7-8-13(2)17(9-12)21-18-10-14(11-19)15-5-3-4-6-16(15)20-18/h3-10H,11,19H2,1-2H3.